The third-order valence-electron chi connectivity index (χ3n) is 6.85. The number of hydrogen-bond acceptors (Lipinski definition) is 4. The number of nitrogens with zero attached hydrogens (tertiary/aromatic N) is 2. The molecule has 3 aromatic carbocycles. The number of carbonyl (C=O) groups excluding carboxylic acids is 1. The Hall–Kier alpha value is -2.19. The highest BCUT2D eigenvalue weighted by molar-refractivity contribution is 14.1. The zero-order chi connectivity index (χ0) is 22.9. The van der Waals surface area contributed by atoms with Gasteiger partial charge in [-0.1, -0.05) is 48.5 Å². The SMILES string of the molecule is Cc1c(I)cc(N2CCN(C(=O)OCC3c4ccccc4-c4ccccc43)CC2)cc1CS. The van der Waals surface area contributed by atoms with Crippen molar-refractivity contribution in [1.29, 1.82) is 0 Å². The number of carbonyl (C=O) groups is 1. The van der Waals surface area contributed by atoms with E-state index in [4.69, 9.17) is 4.74 Å². The van der Waals surface area contributed by atoms with Crippen molar-refractivity contribution >= 4 is 47.0 Å². The van der Waals surface area contributed by atoms with E-state index in [-0.39, 0.29) is 12.0 Å². The minimum atomic E-state index is -0.217. The number of fused-ring (bicyclic) bond motifs is 3. The third kappa shape index (κ3) is 4.35. The Morgan fingerprint density at radius 1 is 1.00 bits per heavy atom. The van der Waals surface area contributed by atoms with Crippen LogP contribution in [0.5, 0.6) is 0 Å². The van der Waals surface area contributed by atoms with Crippen LogP contribution in [-0.2, 0) is 10.5 Å². The lowest BCUT2D eigenvalue weighted by Gasteiger charge is -2.36. The molecule has 33 heavy (non-hydrogen) atoms. The van der Waals surface area contributed by atoms with Gasteiger partial charge >= 0.3 is 6.09 Å². The van der Waals surface area contributed by atoms with Crippen LogP contribution in [0.25, 0.3) is 11.1 Å². The molecular weight excluding hydrogens is 543 g/mol. The lowest BCUT2D eigenvalue weighted by molar-refractivity contribution is 0.0977. The highest BCUT2D eigenvalue weighted by Gasteiger charge is 2.30. The van der Waals surface area contributed by atoms with Gasteiger partial charge in [-0.05, 0) is 75.0 Å². The second-order valence-electron chi connectivity index (χ2n) is 8.65. The molecule has 4 nitrogen and oxygen atoms in total. The number of rotatable bonds is 4. The van der Waals surface area contributed by atoms with E-state index < -0.39 is 0 Å². The van der Waals surface area contributed by atoms with Gasteiger partial charge in [0.15, 0.2) is 0 Å². The van der Waals surface area contributed by atoms with Gasteiger partial charge in [0.05, 0.1) is 0 Å². The third-order valence-corrected chi connectivity index (χ3v) is 8.31. The number of hydrogen-bond donors (Lipinski definition) is 1. The molecular formula is C27H27IN2O2S. The number of piperazine rings is 1. The molecule has 0 bridgehead atoms. The first-order valence-corrected chi connectivity index (χ1v) is 13.0. The molecule has 0 spiro atoms. The number of ether oxygens (including phenoxy) is 1. The molecule has 3 aromatic rings. The fourth-order valence-electron chi connectivity index (χ4n) is 4.90. The summed E-state index contributed by atoms with van der Waals surface area (Å²) in [5.74, 6) is 0.826. The van der Waals surface area contributed by atoms with Crippen molar-refractivity contribution < 1.29 is 9.53 Å². The van der Waals surface area contributed by atoms with Crippen molar-refractivity contribution in [2.24, 2.45) is 0 Å². The van der Waals surface area contributed by atoms with Gasteiger partial charge in [-0.2, -0.15) is 12.6 Å². The minimum absolute atomic E-state index is 0.0944. The summed E-state index contributed by atoms with van der Waals surface area (Å²) >= 11 is 6.88. The average Bonchev–Trinajstić information content (AvgIpc) is 3.18. The molecule has 6 heteroatoms. The van der Waals surface area contributed by atoms with Gasteiger partial charge in [0.1, 0.15) is 6.61 Å². The van der Waals surface area contributed by atoms with E-state index in [1.165, 1.54) is 42.6 Å². The maximum absolute atomic E-state index is 12.9. The van der Waals surface area contributed by atoms with Crippen molar-refractivity contribution in [2.75, 3.05) is 37.7 Å². The van der Waals surface area contributed by atoms with Crippen LogP contribution in [0.2, 0.25) is 0 Å². The zero-order valence-corrected chi connectivity index (χ0v) is 21.7. The Balaban J connectivity index is 1.22. The van der Waals surface area contributed by atoms with Crippen LogP contribution in [-0.4, -0.2) is 43.8 Å². The van der Waals surface area contributed by atoms with Crippen molar-refractivity contribution in [3.8, 4) is 11.1 Å². The van der Waals surface area contributed by atoms with Crippen LogP contribution in [0, 0.1) is 10.5 Å². The molecule has 1 aliphatic carbocycles. The Bertz CT molecular complexity index is 1140. The van der Waals surface area contributed by atoms with Crippen molar-refractivity contribution in [1.82, 2.24) is 4.90 Å². The van der Waals surface area contributed by atoms with E-state index in [1.54, 1.807) is 0 Å². The van der Waals surface area contributed by atoms with Crippen LogP contribution < -0.4 is 4.90 Å². The predicted octanol–water partition coefficient (Wildman–Crippen LogP) is 6.10. The predicted molar refractivity (Wildman–Crippen MR) is 145 cm³/mol. The van der Waals surface area contributed by atoms with Crippen LogP contribution in [0.15, 0.2) is 60.7 Å². The molecule has 0 atom stereocenters. The molecule has 1 heterocycles. The Morgan fingerprint density at radius 3 is 2.21 bits per heavy atom. The molecule has 1 aliphatic heterocycles. The van der Waals surface area contributed by atoms with Gasteiger partial charge in [0, 0.05) is 47.1 Å². The lowest BCUT2D eigenvalue weighted by Crippen LogP contribution is -2.49. The number of benzene rings is 3. The second kappa shape index (κ2) is 9.58. The zero-order valence-electron chi connectivity index (χ0n) is 18.6. The van der Waals surface area contributed by atoms with E-state index in [2.05, 4.69) is 108 Å². The van der Waals surface area contributed by atoms with E-state index in [1.807, 2.05) is 4.90 Å². The molecule has 170 valence electrons. The van der Waals surface area contributed by atoms with E-state index >= 15 is 0 Å². The van der Waals surface area contributed by atoms with Crippen molar-refractivity contribution in [3.63, 3.8) is 0 Å². The summed E-state index contributed by atoms with van der Waals surface area (Å²) in [6.45, 7) is 5.44. The van der Waals surface area contributed by atoms with Crippen LogP contribution in [0.3, 0.4) is 0 Å². The van der Waals surface area contributed by atoms with Crippen LogP contribution in [0.4, 0.5) is 10.5 Å². The highest BCUT2D eigenvalue weighted by Crippen LogP contribution is 2.44. The van der Waals surface area contributed by atoms with Gasteiger partial charge in [-0.15, -0.1) is 0 Å². The fourth-order valence-corrected chi connectivity index (χ4v) is 5.89. The van der Waals surface area contributed by atoms with Gasteiger partial charge < -0.3 is 14.5 Å². The molecule has 1 saturated heterocycles. The minimum Gasteiger partial charge on any atom is -0.448 e. The first kappa shape index (κ1) is 22.6. The molecule has 2 aliphatic rings. The number of anilines is 1. The smallest absolute Gasteiger partial charge is 0.409 e. The van der Waals surface area contributed by atoms with E-state index in [0.717, 1.165) is 18.8 Å². The maximum atomic E-state index is 12.9. The van der Waals surface area contributed by atoms with Gasteiger partial charge in [0.25, 0.3) is 0 Å². The molecule has 5 rings (SSSR count). The largest absolute Gasteiger partial charge is 0.448 e. The quantitative estimate of drug-likeness (QED) is 0.304. The molecule has 0 saturated carbocycles. The molecule has 0 unspecified atom stereocenters. The number of thiol groups is 1. The summed E-state index contributed by atoms with van der Waals surface area (Å²) < 4.78 is 7.11. The average molecular weight is 570 g/mol. The van der Waals surface area contributed by atoms with E-state index in [9.17, 15) is 4.79 Å². The molecule has 1 amide bonds. The molecule has 1 fully saturated rings. The maximum Gasteiger partial charge on any atom is 0.409 e. The number of halogens is 1. The topological polar surface area (TPSA) is 32.8 Å². The normalized spacial score (nSPS) is 15.4. The Morgan fingerprint density at radius 2 is 1.61 bits per heavy atom. The first-order valence-electron chi connectivity index (χ1n) is 11.3. The summed E-state index contributed by atoms with van der Waals surface area (Å²) in [6.07, 6.45) is -0.217. The molecule has 0 aromatic heterocycles. The van der Waals surface area contributed by atoms with Crippen molar-refractivity contribution in [3.05, 3.63) is 86.5 Å². The van der Waals surface area contributed by atoms with Gasteiger partial charge in [-0.3, -0.25) is 0 Å². The molecule has 0 radical (unpaired) electrons. The molecule has 0 N–H and O–H groups in total. The fraction of sp³-hybridized carbons (Fsp3) is 0.296. The second-order valence-corrected chi connectivity index (χ2v) is 10.1. The van der Waals surface area contributed by atoms with Gasteiger partial charge in [-0.25, -0.2) is 4.79 Å². The van der Waals surface area contributed by atoms with Gasteiger partial charge in [0.2, 0.25) is 0 Å². The van der Waals surface area contributed by atoms with Crippen molar-refractivity contribution in [2.45, 2.75) is 18.6 Å². The first-order chi connectivity index (χ1) is 16.1. The Labute approximate surface area is 214 Å². The standard InChI is InChI=1S/C27H27IN2O2S/c1-18-19(17-33)14-20(15-26(18)28)29-10-12-30(13-11-29)27(31)32-16-25-23-8-4-2-6-21(23)22-7-3-5-9-24(22)25/h2-9,14-15,25,33H,10-13,16-17H2,1H3. The Kier molecular flexibility index (Phi) is 6.56. The lowest BCUT2D eigenvalue weighted by atomic mass is 9.98. The van der Waals surface area contributed by atoms with E-state index in [0.29, 0.717) is 19.7 Å². The summed E-state index contributed by atoms with van der Waals surface area (Å²) in [6, 6.07) is 21.3. The highest BCUT2D eigenvalue weighted by atomic mass is 127. The number of amides is 1. The summed E-state index contributed by atoms with van der Waals surface area (Å²) in [5.41, 5.74) is 8.75. The summed E-state index contributed by atoms with van der Waals surface area (Å²) in [7, 11) is 0. The summed E-state index contributed by atoms with van der Waals surface area (Å²) in [5, 5.41) is 0. The van der Waals surface area contributed by atoms with Crippen LogP contribution in [0.1, 0.15) is 28.2 Å². The monoisotopic (exact) mass is 570 g/mol. The van der Waals surface area contributed by atoms with Crippen LogP contribution >= 0.6 is 35.2 Å². The summed E-state index contributed by atoms with van der Waals surface area (Å²) in [4.78, 5) is 17.1.